The highest BCUT2D eigenvalue weighted by Gasteiger charge is 2.21. The standard InChI is InChI=1S/C8H13N3O2S/c9-12-5-7-10-8(11-13-7)6-3-1-2-4-14-6/h6H,1-5,9H2. The Hall–Kier alpha value is -0.590. The Morgan fingerprint density at radius 1 is 1.57 bits per heavy atom. The fourth-order valence-corrected chi connectivity index (χ4v) is 2.71. The third-order valence-electron chi connectivity index (χ3n) is 2.16. The summed E-state index contributed by atoms with van der Waals surface area (Å²) in [6, 6.07) is 0. The first kappa shape index (κ1) is 9.95. The topological polar surface area (TPSA) is 74.2 Å². The maximum absolute atomic E-state index is 4.98. The molecule has 1 aromatic heterocycles. The lowest BCUT2D eigenvalue weighted by atomic mass is 10.2. The van der Waals surface area contributed by atoms with Crippen molar-refractivity contribution in [2.75, 3.05) is 5.75 Å². The zero-order valence-electron chi connectivity index (χ0n) is 7.81. The van der Waals surface area contributed by atoms with Crippen LogP contribution in [0.3, 0.4) is 0 Å². The van der Waals surface area contributed by atoms with Gasteiger partial charge in [0, 0.05) is 0 Å². The molecule has 2 N–H and O–H groups in total. The van der Waals surface area contributed by atoms with Gasteiger partial charge in [-0.3, -0.25) is 4.84 Å². The van der Waals surface area contributed by atoms with Gasteiger partial charge in [-0.25, -0.2) is 5.90 Å². The van der Waals surface area contributed by atoms with Crippen molar-refractivity contribution in [1.29, 1.82) is 0 Å². The van der Waals surface area contributed by atoms with Crippen molar-refractivity contribution in [2.45, 2.75) is 31.1 Å². The Bertz CT molecular complexity index is 286. The second-order valence-electron chi connectivity index (χ2n) is 3.21. The zero-order valence-corrected chi connectivity index (χ0v) is 8.63. The Labute approximate surface area is 86.3 Å². The minimum atomic E-state index is 0.185. The molecular formula is C8H13N3O2S. The number of thioether (sulfide) groups is 1. The van der Waals surface area contributed by atoms with Gasteiger partial charge in [0.05, 0.1) is 5.25 Å². The van der Waals surface area contributed by atoms with Crippen LogP contribution in [0.25, 0.3) is 0 Å². The molecule has 78 valence electrons. The van der Waals surface area contributed by atoms with Gasteiger partial charge in [0.15, 0.2) is 5.82 Å². The van der Waals surface area contributed by atoms with Gasteiger partial charge in [-0.1, -0.05) is 11.6 Å². The summed E-state index contributed by atoms with van der Waals surface area (Å²) in [5.41, 5.74) is 0. The van der Waals surface area contributed by atoms with Crippen molar-refractivity contribution in [1.82, 2.24) is 10.1 Å². The minimum Gasteiger partial charge on any atom is -0.337 e. The Kier molecular flexibility index (Phi) is 3.39. The molecule has 14 heavy (non-hydrogen) atoms. The normalized spacial score (nSPS) is 22.5. The summed E-state index contributed by atoms with van der Waals surface area (Å²) in [6.07, 6.45) is 3.67. The van der Waals surface area contributed by atoms with Crippen LogP contribution in [0.4, 0.5) is 0 Å². The molecule has 6 heteroatoms. The molecule has 2 rings (SSSR count). The molecule has 0 amide bonds. The number of nitrogens with two attached hydrogens (primary N) is 1. The van der Waals surface area contributed by atoms with E-state index in [0.29, 0.717) is 11.1 Å². The average Bonchev–Trinajstić information content (AvgIpc) is 2.68. The van der Waals surface area contributed by atoms with E-state index in [0.717, 1.165) is 12.2 Å². The van der Waals surface area contributed by atoms with Crippen LogP contribution in [-0.4, -0.2) is 15.9 Å². The highest BCUT2D eigenvalue weighted by molar-refractivity contribution is 7.99. The average molecular weight is 215 g/mol. The summed E-state index contributed by atoms with van der Waals surface area (Å²) >= 11 is 1.89. The maximum atomic E-state index is 4.98. The molecule has 1 saturated heterocycles. The first-order chi connectivity index (χ1) is 6.90. The summed E-state index contributed by atoms with van der Waals surface area (Å²) in [6.45, 7) is 0.185. The van der Waals surface area contributed by atoms with Crippen LogP contribution in [-0.2, 0) is 11.4 Å². The van der Waals surface area contributed by atoms with Crippen LogP contribution in [0.1, 0.15) is 36.2 Å². The quantitative estimate of drug-likeness (QED) is 0.768. The van der Waals surface area contributed by atoms with Crippen molar-refractivity contribution in [3.8, 4) is 0 Å². The van der Waals surface area contributed by atoms with E-state index in [1.807, 2.05) is 11.8 Å². The second kappa shape index (κ2) is 4.77. The van der Waals surface area contributed by atoms with Gasteiger partial charge in [0.25, 0.3) is 5.89 Å². The number of aromatic nitrogens is 2. The highest BCUT2D eigenvalue weighted by Crippen LogP contribution is 2.36. The lowest BCUT2D eigenvalue weighted by Crippen LogP contribution is -2.04. The van der Waals surface area contributed by atoms with Crippen molar-refractivity contribution < 1.29 is 9.36 Å². The summed E-state index contributed by atoms with van der Waals surface area (Å²) in [5.74, 6) is 7.33. The molecule has 0 spiro atoms. The molecule has 1 atom stereocenters. The number of hydrogen-bond acceptors (Lipinski definition) is 6. The van der Waals surface area contributed by atoms with Gasteiger partial charge in [-0.05, 0) is 18.6 Å². The fraction of sp³-hybridized carbons (Fsp3) is 0.750. The van der Waals surface area contributed by atoms with E-state index in [1.54, 1.807) is 0 Å². The van der Waals surface area contributed by atoms with Gasteiger partial charge in [0.1, 0.15) is 6.61 Å². The van der Waals surface area contributed by atoms with Crippen molar-refractivity contribution in [2.24, 2.45) is 5.90 Å². The van der Waals surface area contributed by atoms with Crippen LogP contribution < -0.4 is 5.90 Å². The van der Waals surface area contributed by atoms with Crippen LogP contribution in [0, 0.1) is 0 Å². The van der Waals surface area contributed by atoms with Crippen molar-refractivity contribution in [3.05, 3.63) is 11.7 Å². The van der Waals surface area contributed by atoms with E-state index in [-0.39, 0.29) is 6.61 Å². The third-order valence-corrected chi connectivity index (χ3v) is 3.53. The number of hydrogen-bond donors (Lipinski definition) is 1. The smallest absolute Gasteiger partial charge is 0.254 e. The van der Waals surface area contributed by atoms with Crippen molar-refractivity contribution in [3.63, 3.8) is 0 Å². The zero-order chi connectivity index (χ0) is 9.80. The van der Waals surface area contributed by atoms with Gasteiger partial charge < -0.3 is 4.52 Å². The molecule has 0 bridgehead atoms. The molecule has 2 heterocycles. The molecule has 5 nitrogen and oxygen atoms in total. The molecule has 1 fully saturated rings. The Balaban J connectivity index is 2.00. The van der Waals surface area contributed by atoms with Gasteiger partial charge >= 0.3 is 0 Å². The summed E-state index contributed by atoms with van der Waals surface area (Å²) in [5, 5.41) is 4.30. The summed E-state index contributed by atoms with van der Waals surface area (Å²) in [4.78, 5) is 8.65. The number of rotatable bonds is 3. The molecule has 1 unspecified atom stereocenters. The third kappa shape index (κ3) is 2.26. The fourth-order valence-electron chi connectivity index (χ4n) is 1.47. The molecule has 1 aromatic rings. The first-order valence-corrected chi connectivity index (χ1v) is 5.71. The van der Waals surface area contributed by atoms with E-state index >= 15 is 0 Å². The van der Waals surface area contributed by atoms with Crippen LogP contribution in [0.2, 0.25) is 0 Å². The van der Waals surface area contributed by atoms with E-state index in [2.05, 4.69) is 15.0 Å². The number of nitrogens with zero attached hydrogens (tertiary/aromatic N) is 2. The van der Waals surface area contributed by atoms with E-state index in [9.17, 15) is 0 Å². The van der Waals surface area contributed by atoms with E-state index < -0.39 is 0 Å². The lowest BCUT2D eigenvalue weighted by Gasteiger charge is -2.17. The molecule has 0 aliphatic carbocycles. The lowest BCUT2D eigenvalue weighted by molar-refractivity contribution is 0.0995. The SMILES string of the molecule is NOCc1nc(C2CCCCS2)no1. The predicted octanol–water partition coefficient (Wildman–Crippen LogP) is 1.42. The van der Waals surface area contributed by atoms with Crippen molar-refractivity contribution >= 4 is 11.8 Å². The summed E-state index contributed by atoms with van der Waals surface area (Å²) < 4.78 is 4.98. The molecule has 0 aromatic carbocycles. The molecular weight excluding hydrogens is 202 g/mol. The highest BCUT2D eigenvalue weighted by atomic mass is 32.2. The monoisotopic (exact) mass is 215 g/mol. The molecule has 0 saturated carbocycles. The van der Waals surface area contributed by atoms with Gasteiger partial charge in [0.2, 0.25) is 0 Å². The first-order valence-electron chi connectivity index (χ1n) is 4.66. The molecule has 0 radical (unpaired) electrons. The summed E-state index contributed by atoms with van der Waals surface area (Å²) in [7, 11) is 0. The molecule has 1 aliphatic heterocycles. The van der Waals surface area contributed by atoms with Crippen LogP contribution in [0.15, 0.2) is 4.52 Å². The minimum absolute atomic E-state index is 0.185. The largest absolute Gasteiger partial charge is 0.337 e. The maximum Gasteiger partial charge on any atom is 0.254 e. The Morgan fingerprint density at radius 2 is 2.50 bits per heavy atom. The van der Waals surface area contributed by atoms with Gasteiger partial charge in [-0.15, -0.1) is 0 Å². The van der Waals surface area contributed by atoms with E-state index in [4.69, 9.17) is 10.4 Å². The molecule has 1 aliphatic rings. The van der Waals surface area contributed by atoms with Gasteiger partial charge in [-0.2, -0.15) is 16.7 Å². The Morgan fingerprint density at radius 3 is 3.21 bits per heavy atom. The van der Waals surface area contributed by atoms with Crippen LogP contribution in [0.5, 0.6) is 0 Å². The van der Waals surface area contributed by atoms with E-state index in [1.165, 1.54) is 18.6 Å². The predicted molar refractivity (Wildman–Crippen MR) is 52.3 cm³/mol. The second-order valence-corrected chi connectivity index (χ2v) is 4.52. The van der Waals surface area contributed by atoms with Crippen LogP contribution >= 0.6 is 11.8 Å².